The number of thioether (sulfide) groups is 1. The van der Waals surface area contributed by atoms with Gasteiger partial charge in [-0.2, -0.15) is 13.2 Å². The summed E-state index contributed by atoms with van der Waals surface area (Å²) >= 11 is 1.63. The Kier molecular flexibility index (Phi) is 7.42. The zero-order valence-electron chi connectivity index (χ0n) is 28.7. The summed E-state index contributed by atoms with van der Waals surface area (Å²) in [4.78, 5) is 42.2. The van der Waals surface area contributed by atoms with Gasteiger partial charge in [0.2, 0.25) is 5.91 Å². The molecule has 1 aliphatic heterocycles. The highest BCUT2D eigenvalue weighted by molar-refractivity contribution is 7.99. The predicted molar refractivity (Wildman–Crippen MR) is 149 cm³/mol. The first-order valence-corrected chi connectivity index (χ1v) is 13.6. The number of carbonyl (C=O) groups is 2. The van der Waals surface area contributed by atoms with Crippen LogP contribution < -0.4 is 10.9 Å². The van der Waals surface area contributed by atoms with E-state index in [0.29, 0.717) is 34.6 Å². The number of halogens is 3. The number of alkyl halides is 3. The van der Waals surface area contributed by atoms with Gasteiger partial charge in [0.1, 0.15) is 0 Å². The predicted octanol–water partition coefficient (Wildman–Crippen LogP) is 4.58. The zero-order chi connectivity index (χ0) is 35.6. The highest BCUT2D eigenvalue weighted by Gasteiger charge is 2.38. The SMILES string of the molecule is O=C(O)C(F)(F)F.[2H]c1c([2H])c([2H])c(C([2H])([2H])NCCC(=O)N2CCc3nc(SC4CCC4)n(-c4ccccc4)c(=O)c3C2)c([2H])c1[2H]. The molecule has 0 radical (unpaired) electrons. The van der Waals surface area contributed by atoms with Crippen LogP contribution >= 0.6 is 11.8 Å². The maximum Gasteiger partial charge on any atom is 0.490 e. The Morgan fingerprint density at radius 3 is 2.46 bits per heavy atom. The molecule has 0 unspecified atom stereocenters. The van der Waals surface area contributed by atoms with Crippen molar-refractivity contribution in [2.75, 3.05) is 13.1 Å². The van der Waals surface area contributed by atoms with E-state index in [4.69, 9.17) is 24.5 Å². The number of fused-ring (bicyclic) bond motifs is 1. The van der Waals surface area contributed by atoms with Crippen LogP contribution in [0.3, 0.4) is 0 Å². The second-order valence-corrected chi connectivity index (χ2v) is 10.4. The molecular formula is C29H31F3N4O4S. The van der Waals surface area contributed by atoms with Gasteiger partial charge in [-0.1, -0.05) is 66.6 Å². The van der Waals surface area contributed by atoms with Crippen LogP contribution in [0.5, 0.6) is 0 Å². The minimum atomic E-state index is -5.08. The molecule has 8 nitrogen and oxygen atoms in total. The first-order valence-electron chi connectivity index (χ1n) is 16.2. The number of carbonyl (C=O) groups excluding carboxylic acids is 1. The van der Waals surface area contributed by atoms with Crippen LogP contribution in [-0.2, 0) is 29.1 Å². The molecule has 0 spiro atoms. The molecule has 5 rings (SSSR count). The van der Waals surface area contributed by atoms with Crippen molar-refractivity contribution in [1.82, 2.24) is 19.8 Å². The number of hydrogen-bond acceptors (Lipinski definition) is 6. The number of rotatable bonds is 8. The number of benzene rings is 2. The lowest BCUT2D eigenvalue weighted by atomic mass is 10.0. The molecule has 1 saturated carbocycles. The molecular weight excluding hydrogens is 557 g/mol. The number of hydrogen-bond donors (Lipinski definition) is 2. The number of amides is 1. The van der Waals surface area contributed by atoms with E-state index in [-0.39, 0.29) is 31.0 Å². The van der Waals surface area contributed by atoms with Crippen LogP contribution in [0.4, 0.5) is 13.2 Å². The van der Waals surface area contributed by atoms with Gasteiger partial charge in [0.15, 0.2) is 5.16 Å². The van der Waals surface area contributed by atoms with Gasteiger partial charge in [0.05, 0.1) is 30.3 Å². The number of carboxylic acids is 1. The first-order chi connectivity index (χ1) is 22.4. The van der Waals surface area contributed by atoms with E-state index in [2.05, 4.69) is 5.32 Å². The summed E-state index contributed by atoms with van der Waals surface area (Å²) in [5.41, 5.74) is 1.18. The number of nitrogens with zero attached hydrogens (tertiary/aromatic N) is 3. The summed E-state index contributed by atoms with van der Waals surface area (Å²) in [5.74, 6) is -3.05. The highest BCUT2D eigenvalue weighted by Crippen LogP contribution is 2.36. The fourth-order valence-corrected chi connectivity index (χ4v) is 5.30. The van der Waals surface area contributed by atoms with Crippen molar-refractivity contribution in [3.05, 3.63) is 87.7 Å². The molecule has 2 aliphatic rings. The number of aromatic nitrogens is 2. The van der Waals surface area contributed by atoms with Crippen LogP contribution in [0.25, 0.3) is 5.69 Å². The molecule has 2 heterocycles. The van der Waals surface area contributed by atoms with Crippen LogP contribution in [0, 0.1) is 0 Å². The third kappa shape index (κ3) is 8.20. The lowest BCUT2D eigenvalue weighted by Crippen LogP contribution is -2.42. The molecule has 1 amide bonds. The normalized spacial score (nSPS) is 17.6. The summed E-state index contributed by atoms with van der Waals surface area (Å²) in [6, 6.07) is 6.22. The van der Waals surface area contributed by atoms with Crippen LogP contribution in [0.1, 0.15) is 52.1 Å². The molecule has 0 bridgehead atoms. The summed E-state index contributed by atoms with van der Waals surface area (Å²) in [7, 11) is 0. The lowest BCUT2D eigenvalue weighted by Gasteiger charge is -2.30. The average Bonchev–Trinajstić information content (AvgIpc) is 3.01. The zero-order valence-corrected chi connectivity index (χ0v) is 22.5. The van der Waals surface area contributed by atoms with Crippen molar-refractivity contribution in [3.8, 4) is 5.69 Å². The maximum absolute atomic E-state index is 13.8. The van der Waals surface area contributed by atoms with Gasteiger partial charge in [-0.05, 0) is 30.5 Å². The van der Waals surface area contributed by atoms with E-state index < -0.39 is 54.4 Å². The Morgan fingerprint density at radius 1 is 1.17 bits per heavy atom. The second-order valence-electron chi connectivity index (χ2n) is 9.14. The lowest BCUT2D eigenvalue weighted by molar-refractivity contribution is -0.192. The quantitative estimate of drug-likeness (QED) is 0.368. The van der Waals surface area contributed by atoms with E-state index >= 15 is 0 Å². The molecule has 3 aromatic rings. The van der Waals surface area contributed by atoms with Crippen molar-refractivity contribution in [1.29, 1.82) is 0 Å². The monoisotopic (exact) mass is 595 g/mol. The second kappa shape index (κ2) is 13.8. The molecule has 2 aromatic carbocycles. The molecule has 0 atom stereocenters. The minimum Gasteiger partial charge on any atom is -0.475 e. The van der Waals surface area contributed by atoms with E-state index in [1.165, 1.54) is 6.42 Å². The van der Waals surface area contributed by atoms with Gasteiger partial charge >= 0.3 is 12.1 Å². The summed E-state index contributed by atoms with van der Waals surface area (Å²) in [6.45, 7) is -2.14. The van der Waals surface area contributed by atoms with Crippen LogP contribution in [-0.4, -0.2) is 55.9 Å². The molecule has 12 heteroatoms. The molecule has 0 saturated heterocycles. The van der Waals surface area contributed by atoms with Crippen LogP contribution in [0.15, 0.2) is 70.5 Å². The van der Waals surface area contributed by atoms with Crippen LogP contribution in [0.2, 0.25) is 0 Å². The largest absolute Gasteiger partial charge is 0.490 e. The topological polar surface area (TPSA) is 105 Å². The fourth-order valence-electron chi connectivity index (χ4n) is 3.98. The third-order valence-electron chi connectivity index (χ3n) is 6.31. The third-order valence-corrected chi connectivity index (χ3v) is 7.60. The van der Waals surface area contributed by atoms with E-state index in [0.717, 1.165) is 18.5 Å². The highest BCUT2D eigenvalue weighted by atomic mass is 32.2. The number of para-hydroxylation sites is 1. The van der Waals surface area contributed by atoms with Gasteiger partial charge in [0, 0.05) is 40.4 Å². The fraction of sp³-hybridized carbons (Fsp3) is 0.379. The first kappa shape index (κ1) is 22.0. The summed E-state index contributed by atoms with van der Waals surface area (Å²) in [6.07, 6.45) is -1.40. The van der Waals surface area contributed by atoms with Gasteiger partial charge < -0.3 is 15.3 Å². The van der Waals surface area contributed by atoms with Crippen molar-refractivity contribution >= 4 is 23.6 Å². The van der Waals surface area contributed by atoms with E-state index in [1.807, 2.05) is 30.3 Å². The molecule has 41 heavy (non-hydrogen) atoms. The Hall–Kier alpha value is -3.64. The molecule has 2 N–H and O–H groups in total. The Morgan fingerprint density at radius 2 is 1.85 bits per heavy atom. The van der Waals surface area contributed by atoms with Crippen molar-refractivity contribution in [2.24, 2.45) is 0 Å². The summed E-state index contributed by atoms with van der Waals surface area (Å²) < 4.78 is 89.4. The van der Waals surface area contributed by atoms with Gasteiger partial charge in [-0.15, -0.1) is 0 Å². The molecule has 1 aromatic heterocycles. The smallest absolute Gasteiger partial charge is 0.475 e. The van der Waals surface area contributed by atoms with E-state index in [9.17, 15) is 22.8 Å². The van der Waals surface area contributed by atoms with Crippen molar-refractivity contribution in [2.45, 2.75) is 61.7 Å². The Bertz CT molecular complexity index is 1730. The molecule has 218 valence electrons. The number of aliphatic carboxylic acids is 1. The minimum absolute atomic E-state index is 0.0945. The summed E-state index contributed by atoms with van der Waals surface area (Å²) in [5, 5.41) is 10.8. The van der Waals surface area contributed by atoms with Gasteiger partial charge in [-0.3, -0.25) is 14.2 Å². The van der Waals surface area contributed by atoms with Gasteiger partial charge in [-0.25, -0.2) is 9.78 Å². The standard InChI is InChI=1S/C27H30N4O2S.C2HF3O2/c32-25(14-16-28-18-20-8-3-1-4-9-20)30-17-15-24-23(19-30)26(33)31(21-10-5-2-6-11-21)27(29-24)34-22-12-7-13-22;3-2(4,5)1(6)7/h1-6,8-11,22,28H,7,12-19H2;(H,6,7)/i1D,3D,4D,8D,9D,18D2;. The van der Waals surface area contributed by atoms with Crippen molar-refractivity contribution in [3.63, 3.8) is 0 Å². The molecule has 1 fully saturated rings. The Balaban J connectivity index is 0.000000671. The van der Waals surface area contributed by atoms with Crippen molar-refractivity contribution < 1.29 is 37.5 Å². The Labute approximate surface area is 249 Å². The molecule has 1 aliphatic carbocycles. The van der Waals surface area contributed by atoms with Gasteiger partial charge in [0.25, 0.3) is 5.56 Å². The average molecular weight is 596 g/mol. The van der Waals surface area contributed by atoms with E-state index in [1.54, 1.807) is 21.2 Å². The maximum atomic E-state index is 13.8. The number of nitrogens with one attached hydrogen (secondary N) is 1. The number of carboxylic acid groups (broad SMARTS) is 1.